The highest BCUT2D eigenvalue weighted by atomic mass is 16.2. The van der Waals surface area contributed by atoms with E-state index in [1.807, 2.05) is 26.0 Å². The molecule has 0 radical (unpaired) electrons. The molecular weight excluding hydrogens is 264 g/mol. The Morgan fingerprint density at radius 2 is 2.10 bits per heavy atom. The number of benzene rings is 1. The highest BCUT2D eigenvalue weighted by Crippen LogP contribution is 2.31. The highest BCUT2D eigenvalue weighted by Gasteiger charge is 2.36. The number of nitrogens with one attached hydrogen (secondary N) is 1. The van der Waals surface area contributed by atoms with Crippen LogP contribution in [0, 0.1) is 5.92 Å². The van der Waals surface area contributed by atoms with Crippen LogP contribution in [0.4, 0.5) is 0 Å². The van der Waals surface area contributed by atoms with Crippen LogP contribution < -0.4 is 5.32 Å². The van der Waals surface area contributed by atoms with Crippen molar-refractivity contribution in [2.45, 2.75) is 45.2 Å². The smallest absolute Gasteiger partial charge is 0.225 e. The van der Waals surface area contributed by atoms with Gasteiger partial charge in [-0.2, -0.15) is 0 Å². The van der Waals surface area contributed by atoms with Crippen molar-refractivity contribution in [2.75, 3.05) is 6.54 Å². The van der Waals surface area contributed by atoms with Gasteiger partial charge in [0.2, 0.25) is 11.8 Å². The van der Waals surface area contributed by atoms with E-state index < -0.39 is 0 Å². The summed E-state index contributed by atoms with van der Waals surface area (Å²) < 4.78 is 0. The predicted molar refractivity (Wildman–Crippen MR) is 80.6 cm³/mol. The lowest BCUT2D eigenvalue weighted by molar-refractivity contribution is -0.130. The number of carbonyl (C=O) groups is 2. The lowest BCUT2D eigenvalue weighted by atomic mass is 10.1. The van der Waals surface area contributed by atoms with Crippen LogP contribution in [0.15, 0.2) is 24.3 Å². The van der Waals surface area contributed by atoms with Crippen molar-refractivity contribution in [1.82, 2.24) is 10.2 Å². The van der Waals surface area contributed by atoms with Gasteiger partial charge in [0, 0.05) is 19.0 Å². The Kier molecular flexibility index (Phi) is 3.70. The number of fused-ring (bicyclic) bond motifs is 1. The Hall–Kier alpha value is -1.84. The Morgan fingerprint density at radius 1 is 1.33 bits per heavy atom. The summed E-state index contributed by atoms with van der Waals surface area (Å²) in [7, 11) is 0. The van der Waals surface area contributed by atoms with Gasteiger partial charge >= 0.3 is 0 Å². The summed E-state index contributed by atoms with van der Waals surface area (Å²) in [5.41, 5.74) is 2.56. The normalized spacial score (nSPS) is 24.5. The molecule has 21 heavy (non-hydrogen) atoms. The Labute approximate surface area is 125 Å². The number of hydrogen-bond donors (Lipinski definition) is 1. The first-order chi connectivity index (χ1) is 10.1. The van der Waals surface area contributed by atoms with Crippen LogP contribution in [-0.4, -0.2) is 29.3 Å². The molecule has 1 aliphatic heterocycles. The van der Waals surface area contributed by atoms with Crippen molar-refractivity contribution in [2.24, 2.45) is 5.92 Å². The summed E-state index contributed by atoms with van der Waals surface area (Å²) in [6.45, 7) is 4.54. The Bertz CT molecular complexity index is 568. The molecule has 1 aromatic carbocycles. The summed E-state index contributed by atoms with van der Waals surface area (Å²) >= 11 is 0. The number of aryl methyl sites for hydroxylation is 1. The van der Waals surface area contributed by atoms with Crippen molar-refractivity contribution < 1.29 is 9.59 Å². The number of likely N-dealkylation sites (tertiary alicyclic amines) is 1. The molecule has 1 fully saturated rings. The van der Waals surface area contributed by atoms with Crippen molar-refractivity contribution in [3.05, 3.63) is 35.4 Å². The SMILES string of the molecule is CC(C)N1C[C@@H](C(=O)N[C@H]2CCc3ccccc32)CC1=O. The van der Waals surface area contributed by atoms with Crippen LogP contribution in [0.25, 0.3) is 0 Å². The molecule has 0 unspecified atom stereocenters. The minimum Gasteiger partial charge on any atom is -0.349 e. The van der Waals surface area contributed by atoms with Crippen molar-refractivity contribution in [3.63, 3.8) is 0 Å². The molecule has 112 valence electrons. The maximum atomic E-state index is 12.4. The minimum atomic E-state index is -0.201. The van der Waals surface area contributed by atoms with Gasteiger partial charge in [-0.05, 0) is 37.8 Å². The molecule has 0 bridgehead atoms. The second kappa shape index (κ2) is 5.51. The Morgan fingerprint density at radius 3 is 2.81 bits per heavy atom. The van der Waals surface area contributed by atoms with Crippen LogP contribution in [0.3, 0.4) is 0 Å². The fourth-order valence-corrected chi connectivity index (χ4v) is 3.40. The molecular formula is C17H22N2O2. The second-order valence-electron chi connectivity index (χ2n) is 6.34. The van der Waals surface area contributed by atoms with E-state index in [1.165, 1.54) is 11.1 Å². The molecule has 1 N–H and O–H groups in total. The molecule has 1 heterocycles. The van der Waals surface area contributed by atoms with E-state index in [9.17, 15) is 9.59 Å². The average molecular weight is 286 g/mol. The molecule has 1 aliphatic carbocycles. The van der Waals surface area contributed by atoms with Gasteiger partial charge in [-0.25, -0.2) is 0 Å². The number of rotatable bonds is 3. The fraction of sp³-hybridized carbons (Fsp3) is 0.529. The van der Waals surface area contributed by atoms with Gasteiger partial charge in [-0.3, -0.25) is 9.59 Å². The number of amides is 2. The van der Waals surface area contributed by atoms with Gasteiger partial charge in [-0.1, -0.05) is 24.3 Å². The monoisotopic (exact) mass is 286 g/mol. The number of carbonyl (C=O) groups excluding carboxylic acids is 2. The summed E-state index contributed by atoms with van der Waals surface area (Å²) in [6, 6.07) is 8.55. The molecule has 0 saturated carbocycles. The third-order valence-electron chi connectivity index (χ3n) is 4.60. The second-order valence-corrected chi connectivity index (χ2v) is 6.34. The number of hydrogen-bond acceptors (Lipinski definition) is 2. The summed E-state index contributed by atoms with van der Waals surface area (Å²) in [5.74, 6) is -0.0853. The van der Waals surface area contributed by atoms with Crippen LogP contribution >= 0.6 is 0 Å². The van der Waals surface area contributed by atoms with E-state index in [2.05, 4.69) is 17.4 Å². The van der Waals surface area contributed by atoms with E-state index in [0.29, 0.717) is 13.0 Å². The third-order valence-corrected chi connectivity index (χ3v) is 4.60. The van der Waals surface area contributed by atoms with E-state index >= 15 is 0 Å². The molecule has 2 atom stereocenters. The van der Waals surface area contributed by atoms with Gasteiger partial charge in [0.05, 0.1) is 12.0 Å². The van der Waals surface area contributed by atoms with Crippen LogP contribution in [0.2, 0.25) is 0 Å². The van der Waals surface area contributed by atoms with Gasteiger partial charge < -0.3 is 10.2 Å². The van der Waals surface area contributed by atoms with Crippen LogP contribution in [-0.2, 0) is 16.0 Å². The lowest BCUT2D eigenvalue weighted by Gasteiger charge is -2.21. The van der Waals surface area contributed by atoms with Gasteiger partial charge in [0.25, 0.3) is 0 Å². The third kappa shape index (κ3) is 2.67. The maximum absolute atomic E-state index is 12.4. The minimum absolute atomic E-state index is 0.0215. The van der Waals surface area contributed by atoms with Crippen LogP contribution in [0.5, 0.6) is 0 Å². The maximum Gasteiger partial charge on any atom is 0.225 e. The zero-order chi connectivity index (χ0) is 15.0. The summed E-state index contributed by atoms with van der Waals surface area (Å²) in [4.78, 5) is 26.1. The lowest BCUT2D eigenvalue weighted by Crippen LogP contribution is -2.36. The first kappa shape index (κ1) is 14.1. The van der Waals surface area contributed by atoms with Crippen molar-refractivity contribution >= 4 is 11.8 Å². The van der Waals surface area contributed by atoms with Gasteiger partial charge in [0.15, 0.2) is 0 Å². The molecule has 1 saturated heterocycles. The van der Waals surface area contributed by atoms with E-state index in [4.69, 9.17) is 0 Å². The van der Waals surface area contributed by atoms with Crippen LogP contribution in [0.1, 0.15) is 43.9 Å². The van der Waals surface area contributed by atoms with Gasteiger partial charge in [0.1, 0.15) is 0 Å². The van der Waals surface area contributed by atoms with Crippen molar-refractivity contribution in [3.8, 4) is 0 Å². The van der Waals surface area contributed by atoms with E-state index in [0.717, 1.165) is 12.8 Å². The standard InChI is InChI=1S/C17H22N2O2/c1-11(2)19-10-13(9-16(19)20)17(21)18-15-8-7-12-5-3-4-6-14(12)15/h3-6,11,13,15H,7-10H2,1-2H3,(H,18,21)/t13-,15-/m0/s1. The molecule has 2 amide bonds. The first-order valence-electron chi connectivity index (χ1n) is 7.74. The van der Waals surface area contributed by atoms with E-state index in [1.54, 1.807) is 4.90 Å². The molecule has 1 aromatic rings. The zero-order valence-electron chi connectivity index (χ0n) is 12.6. The molecule has 4 nitrogen and oxygen atoms in total. The fourth-order valence-electron chi connectivity index (χ4n) is 3.40. The summed E-state index contributed by atoms with van der Waals surface area (Å²) in [5, 5.41) is 3.14. The molecule has 0 spiro atoms. The average Bonchev–Trinajstić information content (AvgIpc) is 3.03. The molecule has 3 rings (SSSR count). The largest absolute Gasteiger partial charge is 0.349 e. The zero-order valence-corrected chi connectivity index (χ0v) is 12.6. The molecule has 2 aliphatic rings. The van der Waals surface area contributed by atoms with E-state index in [-0.39, 0.29) is 29.8 Å². The Balaban J connectivity index is 1.65. The predicted octanol–water partition coefficient (Wildman–Crippen LogP) is 2.05. The summed E-state index contributed by atoms with van der Waals surface area (Å²) in [6.07, 6.45) is 2.32. The topological polar surface area (TPSA) is 49.4 Å². The molecule has 0 aromatic heterocycles. The quantitative estimate of drug-likeness (QED) is 0.924. The molecule has 4 heteroatoms. The van der Waals surface area contributed by atoms with Crippen molar-refractivity contribution in [1.29, 1.82) is 0 Å². The highest BCUT2D eigenvalue weighted by molar-refractivity contribution is 5.89. The number of nitrogens with zero attached hydrogens (tertiary/aromatic N) is 1. The van der Waals surface area contributed by atoms with Gasteiger partial charge in [-0.15, -0.1) is 0 Å². The first-order valence-corrected chi connectivity index (χ1v) is 7.74.